The number of ether oxygens (including phenoxy) is 2. The summed E-state index contributed by atoms with van der Waals surface area (Å²) < 4.78 is 37.8. The van der Waals surface area contributed by atoms with Crippen LogP contribution in [0.5, 0.6) is 5.88 Å². The van der Waals surface area contributed by atoms with Crippen LogP contribution >= 0.6 is 0 Å². The lowest BCUT2D eigenvalue weighted by Gasteiger charge is -2.53. The van der Waals surface area contributed by atoms with Gasteiger partial charge in [-0.05, 0) is 31.6 Å². The van der Waals surface area contributed by atoms with Crippen LogP contribution in [0.3, 0.4) is 0 Å². The molecule has 9 heteroatoms. The Morgan fingerprint density at radius 1 is 1.36 bits per heavy atom. The van der Waals surface area contributed by atoms with Crippen LogP contribution in [0, 0.1) is 5.92 Å². The molecule has 1 aliphatic carbocycles. The molecule has 0 unspecified atom stereocenters. The number of nitrogens with zero attached hydrogens (tertiary/aromatic N) is 3. The monoisotopic (exact) mass is 368 g/mol. The summed E-state index contributed by atoms with van der Waals surface area (Å²) in [5.74, 6) is 1.66. The predicted molar refractivity (Wildman–Crippen MR) is 92.1 cm³/mol. The van der Waals surface area contributed by atoms with Gasteiger partial charge in [0, 0.05) is 12.6 Å². The van der Waals surface area contributed by atoms with Gasteiger partial charge in [-0.3, -0.25) is 0 Å². The maximum atomic E-state index is 11.9. The SMILES string of the molecule is COc1cc(N2CC3(CC[C@H](CNS(=O)(=O)C4CC4)CO3)C2)ncn1. The summed E-state index contributed by atoms with van der Waals surface area (Å²) in [6.07, 6.45) is 5.02. The fraction of sp³-hybridized carbons (Fsp3) is 0.750. The van der Waals surface area contributed by atoms with Gasteiger partial charge in [-0.2, -0.15) is 0 Å². The molecule has 1 N–H and O–H groups in total. The molecule has 4 rings (SSSR count). The lowest BCUT2D eigenvalue weighted by atomic mass is 9.83. The zero-order chi connectivity index (χ0) is 17.5. The minimum Gasteiger partial charge on any atom is -0.481 e. The van der Waals surface area contributed by atoms with E-state index in [1.165, 1.54) is 6.33 Å². The molecule has 25 heavy (non-hydrogen) atoms. The fourth-order valence-corrected chi connectivity index (χ4v) is 4.94. The second kappa shape index (κ2) is 6.37. The highest BCUT2D eigenvalue weighted by molar-refractivity contribution is 7.90. The molecule has 2 aliphatic heterocycles. The topological polar surface area (TPSA) is 93.7 Å². The average molecular weight is 368 g/mol. The fourth-order valence-electron chi connectivity index (χ4n) is 3.48. The molecule has 0 aromatic carbocycles. The van der Waals surface area contributed by atoms with E-state index < -0.39 is 10.0 Å². The molecule has 8 nitrogen and oxygen atoms in total. The number of sulfonamides is 1. The predicted octanol–water partition coefficient (Wildman–Crippen LogP) is 0.552. The van der Waals surface area contributed by atoms with Crippen molar-refractivity contribution in [2.24, 2.45) is 5.92 Å². The van der Waals surface area contributed by atoms with Gasteiger partial charge in [-0.1, -0.05) is 0 Å². The third kappa shape index (κ3) is 3.58. The highest BCUT2D eigenvalue weighted by Crippen LogP contribution is 2.38. The van der Waals surface area contributed by atoms with Gasteiger partial charge in [-0.25, -0.2) is 23.1 Å². The van der Waals surface area contributed by atoms with Crippen molar-refractivity contribution in [2.45, 2.75) is 36.5 Å². The Labute approximate surface area is 148 Å². The number of nitrogens with one attached hydrogen (secondary N) is 1. The Kier molecular flexibility index (Phi) is 4.33. The molecular formula is C16H24N4O4S. The lowest BCUT2D eigenvalue weighted by molar-refractivity contribution is -0.114. The number of rotatable bonds is 6. The first-order chi connectivity index (χ1) is 12.0. The highest BCUT2D eigenvalue weighted by Gasteiger charge is 2.47. The van der Waals surface area contributed by atoms with Crippen molar-refractivity contribution in [3.05, 3.63) is 12.4 Å². The Balaban J connectivity index is 1.25. The quantitative estimate of drug-likeness (QED) is 0.784. The van der Waals surface area contributed by atoms with E-state index >= 15 is 0 Å². The van der Waals surface area contributed by atoms with Crippen molar-refractivity contribution in [3.8, 4) is 5.88 Å². The normalized spacial score (nSPS) is 25.6. The summed E-state index contributed by atoms with van der Waals surface area (Å²) in [6.45, 7) is 2.69. The van der Waals surface area contributed by atoms with Crippen molar-refractivity contribution in [1.82, 2.24) is 14.7 Å². The largest absolute Gasteiger partial charge is 0.481 e. The molecule has 3 aliphatic rings. The van der Waals surface area contributed by atoms with Crippen LogP contribution in [0.25, 0.3) is 0 Å². The zero-order valence-corrected chi connectivity index (χ0v) is 15.2. The van der Waals surface area contributed by atoms with Crippen LogP contribution in [0.1, 0.15) is 25.7 Å². The standard InChI is InChI=1S/C16H24N4O4S/c1-23-15-6-14(17-11-18-15)20-9-16(10-20)5-4-12(8-24-16)7-19-25(21,22)13-2-3-13/h6,11-13,19H,2-5,7-10H2,1H3/t12-/m1/s1. The van der Waals surface area contributed by atoms with Crippen molar-refractivity contribution in [1.29, 1.82) is 0 Å². The molecule has 0 radical (unpaired) electrons. The number of anilines is 1. The Morgan fingerprint density at radius 2 is 2.16 bits per heavy atom. The van der Waals surface area contributed by atoms with Crippen LogP contribution in [-0.2, 0) is 14.8 Å². The Bertz CT molecular complexity index is 721. The van der Waals surface area contributed by atoms with Gasteiger partial charge in [0.1, 0.15) is 17.7 Å². The van der Waals surface area contributed by atoms with Gasteiger partial charge in [0.25, 0.3) is 0 Å². The summed E-state index contributed by atoms with van der Waals surface area (Å²) >= 11 is 0. The summed E-state index contributed by atoms with van der Waals surface area (Å²) in [6, 6.07) is 1.82. The van der Waals surface area contributed by atoms with Crippen molar-refractivity contribution < 1.29 is 17.9 Å². The molecule has 0 bridgehead atoms. The maximum absolute atomic E-state index is 11.9. The summed E-state index contributed by atoms with van der Waals surface area (Å²) in [7, 11) is -1.51. The minimum absolute atomic E-state index is 0.121. The Morgan fingerprint density at radius 3 is 2.80 bits per heavy atom. The maximum Gasteiger partial charge on any atom is 0.218 e. The van der Waals surface area contributed by atoms with Gasteiger partial charge >= 0.3 is 0 Å². The summed E-state index contributed by atoms with van der Waals surface area (Å²) in [4.78, 5) is 10.5. The molecular weight excluding hydrogens is 344 g/mol. The Hall–Kier alpha value is -1.45. The molecule has 3 heterocycles. The van der Waals surface area contributed by atoms with E-state index in [-0.39, 0.29) is 16.8 Å². The summed E-state index contributed by atoms with van der Waals surface area (Å²) in [5, 5.41) is -0.159. The molecule has 2 saturated heterocycles. The minimum atomic E-state index is -3.10. The van der Waals surface area contributed by atoms with E-state index in [0.29, 0.717) is 19.0 Å². The smallest absolute Gasteiger partial charge is 0.218 e. The van der Waals surface area contributed by atoms with Gasteiger partial charge < -0.3 is 14.4 Å². The molecule has 1 atom stereocenters. The number of hydrogen-bond acceptors (Lipinski definition) is 7. The van der Waals surface area contributed by atoms with Gasteiger partial charge in [-0.15, -0.1) is 0 Å². The molecule has 1 aromatic heterocycles. The van der Waals surface area contributed by atoms with Gasteiger partial charge in [0.2, 0.25) is 15.9 Å². The number of aromatic nitrogens is 2. The van der Waals surface area contributed by atoms with E-state index in [4.69, 9.17) is 9.47 Å². The first kappa shape index (κ1) is 17.0. The molecule has 1 aromatic rings. The summed E-state index contributed by atoms with van der Waals surface area (Å²) in [5.41, 5.74) is -0.121. The van der Waals surface area contributed by atoms with Gasteiger partial charge in [0.05, 0.1) is 32.1 Å². The van der Waals surface area contributed by atoms with E-state index in [0.717, 1.165) is 44.6 Å². The van der Waals surface area contributed by atoms with Crippen LogP contribution in [0.15, 0.2) is 12.4 Å². The van der Waals surface area contributed by atoms with Crippen LogP contribution in [0.4, 0.5) is 5.82 Å². The second-order valence-corrected chi connectivity index (χ2v) is 9.31. The van der Waals surface area contributed by atoms with Crippen molar-refractivity contribution in [2.75, 3.05) is 38.3 Å². The number of methoxy groups -OCH3 is 1. The van der Waals surface area contributed by atoms with E-state index in [1.54, 1.807) is 7.11 Å². The first-order valence-corrected chi connectivity index (χ1v) is 10.3. The van der Waals surface area contributed by atoms with E-state index in [2.05, 4.69) is 19.6 Å². The van der Waals surface area contributed by atoms with Crippen LogP contribution < -0.4 is 14.4 Å². The highest BCUT2D eigenvalue weighted by atomic mass is 32.2. The third-order valence-corrected chi connectivity index (χ3v) is 7.21. The zero-order valence-electron chi connectivity index (χ0n) is 14.3. The molecule has 1 saturated carbocycles. The first-order valence-electron chi connectivity index (χ1n) is 8.73. The molecule has 1 spiro atoms. The molecule has 0 amide bonds. The lowest BCUT2D eigenvalue weighted by Crippen LogP contribution is -2.65. The van der Waals surface area contributed by atoms with Crippen LogP contribution in [-0.4, -0.2) is 62.6 Å². The molecule has 138 valence electrons. The average Bonchev–Trinajstić information content (AvgIpc) is 3.44. The van der Waals surface area contributed by atoms with E-state index in [1.807, 2.05) is 6.07 Å². The van der Waals surface area contributed by atoms with E-state index in [9.17, 15) is 8.42 Å². The number of hydrogen-bond donors (Lipinski definition) is 1. The van der Waals surface area contributed by atoms with Crippen molar-refractivity contribution in [3.63, 3.8) is 0 Å². The van der Waals surface area contributed by atoms with Crippen LogP contribution in [0.2, 0.25) is 0 Å². The second-order valence-electron chi connectivity index (χ2n) is 7.27. The molecule has 3 fully saturated rings. The van der Waals surface area contributed by atoms with Crippen molar-refractivity contribution >= 4 is 15.8 Å². The van der Waals surface area contributed by atoms with Gasteiger partial charge in [0.15, 0.2) is 0 Å². The third-order valence-electron chi connectivity index (χ3n) is 5.29.